The van der Waals surface area contributed by atoms with E-state index in [1.165, 1.54) is 24.8 Å². The van der Waals surface area contributed by atoms with Gasteiger partial charge in [-0.3, -0.25) is 9.78 Å². The number of carbonyl (C=O) groups is 1. The zero-order valence-electron chi connectivity index (χ0n) is 9.79. The average molecular weight is 250 g/mol. The molecule has 1 saturated carbocycles. The normalized spacial score (nSPS) is 15.7. The van der Waals surface area contributed by atoms with Gasteiger partial charge in [0.1, 0.15) is 0 Å². The van der Waals surface area contributed by atoms with Crippen LogP contribution in [-0.4, -0.2) is 10.8 Å². The predicted molar refractivity (Wildman–Crippen MR) is 69.1 cm³/mol. The molecular weight excluding hydrogens is 234 g/mol. The maximum atomic E-state index is 11.9. The second-order valence-corrected chi connectivity index (χ2v) is 4.88. The molecule has 2 rings (SSSR count). The molecule has 1 aliphatic rings. The van der Waals surface area contributed by atoms with E-state index in [1.54, 1.807) is 18.5 Å². The first-order valence-electron chi connectivity index (χ1n) is 6.06. The van der Waals surface area contributed by atoms with E-state index in [0.29, 0.717) is 11.4 Å². The Morgan fingerprint density at radius 1 is 1.35 bits per heavy atom. The summed E-state index contributed by atoms with van der Waals surface area (Å²) in [6.07, 6.45) is 11.3. The number of ketones is 1. The van der Waals surface area contributed by atoms with Gasteiger partial charge in [-0.05, 0) is 43.4 Å². The molecule has 0 spiro atoms. The molecule has 0 atom stereocenters. The third-order valence-electron chi connectivity index (χ3n) is 3.08. The Hall–Kier alpha value is -1.15. The first-order chi connectivity index (χ1) is 8.25. The highest BCUT2D eigenvalue weighted by atomic mass is 35.5. The first-order valence-corrected chi connectivity index (χ1v) is 6.44. The maximum Gasteiger partial charge on any atom is 0.160 e. The topological polar surface area (TPSA) is 30.0 Å². The highest BCUT2D eigenvalue weighted by Gasteiger charge is 2.09. The minimum absolute atomic E-state index is 0.148. The lowest BCUT2D eigenvalue weighted by Crippen LogP contribution is -2.03. The zero-order valence-corrected chi connectivity index (χ0v) is 10.5. The monoisotopic (exact) mass is 249 g/mol. The fourth-order valence-electron chi connectivity index (χ4n) is 2.16. The molecule has 0 aliphatic heterocycles. The number of halogens is 1. The second-order valence-electron chi connectivity index (χ2n) is 4.47. The summed E-state index contributed by atoms with van der Waals surface area (Å²) >= 11 is 5.98. The molecule has 0 radical (unpaired) electrons. The van der Waals surface area contributed by atoms with E-state index in [-0.39, 0.29) is 5.78 Å². The lowest BCUT2D eigenvalue weighted by Gasteiger charge is -2.12. The Kier molecular flexibility index (Phi) is 4.32. The number of carbonyl (C=O) groups excluding carboxylic acids is 1. The van der Waals surface area contributed by atoms with Crippen LogP contribution in [0.5, 0.6) is 0 Å². The number of aromatic nitrogens is 1. The van der Waals surface area contributed by atoms with Gasteiger partial charge in [-0.2, -0.15) is 0 Å². The van der Waals surface area contributed by atoms with Crippen molar-refractivity contribution >= 4 is 17.4 Å². The molecule has 0 amide bonds. The molecule has 1 aliphatic carbocycles. The van der Waals surface area contributed by atoms with Gasteiger partial charge in [-0.15, -0.1) is 0 Å². The van der Waals surface area contributed by atoms with Gasteiger partial charge < -0.3 is 0 Å². The summed E-state index contributed by atoms with van der Waals surface area (Å²) in [6.45, 7) is 0. The molecule has 0 bridgehead atoms. The second kappa shape index (κ2) is 5.97. The molecule has 0 saturated heterocycles. The van der Waals surface area contributed by atoms with Crippen LogP contribution in [0.25, 0.3) is 0 Å². The van der Waals surface area contributed by atoms with Gasteiger partial charge in [0.2, 0.25) is 0 Å². The van der Waals surface area contributed by atoms with Crippen LogP contribution < -0.4 is 0 Å². The van der Waals surface area contributed by atoms with Crippen molar-refractivity contribution in [3.63, 3.8) is 0 Å². The van der Waals surface area contributed by atoms with Crippen LogP contribution in [0.3, 0.4) is 0 Å². The van der Waals surface area contributed by atoms with Crippen LogP contribution >= 0.6 is 11.6 Å². The van der Waals surface area contributed by atoms with Crippen molar-refractivity contribution in [2.24, 2.45) is 0 Å². The molecule has 1 heterocycles. The Labute approximate surface area is 107 Å². The Bertz CT molecular complexity index is 432. The standard InChI is InChI=1S/C14H16ClNO/c15-14-10-16-7-6-12(14)9-13(17)8-11-4-2-1-3-5-11/h6-8,10H,1-5,9H2. The van der Waals surface area contributed by atoms with Crippen molar-refractivity contribution < 1.29 is 4.79 Å². The summed E-state index contributed by atoms with van der Waals surface area (Å²) in [5.41, 5.74) is 2.16. The van der Waals surface area contributed by atoms with Crippen LogP contribution in [0.1, 0.15) is 37.7 Å². The van der Waals surface area contributed by atoms with Crippen molar-refractivity contribution in [1.29, 1.82) is 0 Å². The third-order valence-corrected chi connectivity index (χ3v) is 3.42. The molecule has 0 N–H and O–H groups in total. The van der Waals surface area contributed by atoms with Crippen LogP contribution in [0.4, 0.5) is 0 Å². The molecule has 0 unspecified atom stereocenters. The van der Waals surface area contributed by atoms with Crippen molar-refractivity contribution in [2.75, 3.05) is 0 Å². The number of hydrogen-bond acceptors (Lipinski definition) is 2. The quantitative estimate of drug-likeness (QED) is 0.764. The fourth-order valence-corrected chi connectivity index (χ4v) is 2.35. The van der Waals surface area contributed by atoms with E-state index in [4.69, 9.17) is 11.6 Å². The van der Waals surface area contributed by atoms with Gasteiger partial charge in [0.15, 0.2) is 5.78 Å². The molecule has 1 aromatic rings. The molecule has 17 heavy (non-hydrogen) atoms. The smallest absolute Gasteiger partial charge is 0.160 e. The van der Waals surface area contributed by atoms with E-state index < -0.39 is 0 Å². The number of rotatable bonds is 3. The lowest BCUT2D eigenvalue weighted by atomic mass is 9.93. The number of nitrogens with zero attached hydrogens (tertiary/aromatic N) is 1. The van der Waals surface area contributed by atoms with Gasteiger partial charge in [-0.1, -0.05) is 23.6 Å². The van der Waals surface area contributed by atoms with Crippen LogP contribution in [0, 0.1) is 0 Å². The van der Waals surface area contributed by atoms with Crippen LogP contribution in [-0.2, 0) is 11.2 Å². The molecular formula is C14H16ClNO. The van der Waals surface area contributed by atoms with Gasteiger partial charge >= 0.3 is 0 Å². The fraction of sp³-hybridized carbons (Fsp3) is 0.429. The largest absolute Gasteiger partial charge is 0.294 e. The van der Waals surface area contributed by atoms with E-state index in [1.807, 2.05) is 6.08 Å². The molecule has 2 nitrogen and oxygen atoms in total. The van der Waals surface area contributed by atoms with Crippen molar-refractivity contribution in [3.8, 4) is 0 Å². The minimum atomic E-state index is 0.148. The summed E-state index contributed by atoms with van der Waals surface area (Å²) in [4.78, 5) is 15.8. The van der Waals surface area contributed by atoms with E-state index in [2.05, 4.69) is 4.98 Å². The van der Waals surface area contributed by atoms with Crippen molar-refractivity contribution in [2.45, 2.75) is 38.5 Å². The summed E-state index contributed by atoms with van der Waals surface area (Å²) in [6, 6.07) is 1.81. The lowest BCUT2D eigenvalue weighted by molar-refractivity contribution is -0.114. The highest BCUT2D eigenvalue weighted by Crippen LogP contribution is 2.23. The Balaban J connectivity index is 1.99. The van der Waals surface area contributed by atoms with Gasteiger partial charge in [-0.25, -0.2) is 0 Å². The number of hydrogen-bond donors (Lipinski definition) is 0. The Morgan fingerprint density at radius 2 is 2.12 bits per heavy atom. The van der Waals surface area contributed by atoms with E-state index in [0.717, 1.165) is 18.4 Å². The molecule has 90 valence electrons. The SMILES string of the molecule is O=C(C=C1CCCCC1)Cc1ccncc1Cl. The first kappa shape index (κ1) is 12.3. The van der Waals surface area contributed by atoms with Crippen molar-refractivity contribution in [1.82, 2.24) is 4.98 Å². The molecule has 1 aromatic heterocycles. The van der Waals surface area contributed by atoms with Crippen LogP contribution in [0.15, 0.2) is 30.1 Å². The van der Waals surface area contributed by atoms with Crippen LogP contribution in [0.2, 0.25) is 5.02 Å². The molecule has 0 aromatic carbocycles. The predicted octanol–water partition coefficient (Wildman–Crippen LogP) is 3.74. The Morgan fingerprint density at radius 3 is 2.82 bits per heavy atom. The zero-order chi connectivity index (χ0) is 12.1. The molecule has 1 fully saturated rings. The van der Waals surface area contributed by atoms with Crippen molar-refractivity contribution in [3.05, 3.63) is 40.7 Å². The highest BCUT2D eigenvalue weighted by molar-refractivity contribution is 6.31. The average Bonchev–Trinajstić information content (AvgIpc) is 2.33. The maximum absolute atomic E-state index is 11.9. The molecule has 3 heteroatoms. The third kappa shape index (κ3) is 3.67. The number of allylic oxidation sites excluding steroid dienone is 2. The van der Waals surface area contributed by atoms with Gasteiger partial charge in [0.05, 0.1) is 5.02 Å². The van der Waals surface area contributed by atoms with E-state index >= 15 is 0 Å². The number of pyridine rings is 1. The summed E-state index contributed by atoms with van der Waals surface area (Å²) < 4.78 is 0. The summed E-state index contributed by atoms with van der Waals surface area (Å²) in [5, 5.41) is 0.572. The summed E-state index contributed by atoms with van der Waals surface area (Å²) in [5.74, 6) is 0.148. The van der Waals surface area contributed by atoms with E-state index in [9.17, 15) is 4.79 Å². The van der Waals surface area contributed by atoms with Gasteiger partial charge in [0.25, 0.3) is 0 Å². The summed E-state index contributed by atoms with van der Waals surface area (Å²) in [7, 11) is 0. The van der Waals surface area contributed by atoms with Gasteiger partial charge in [0, 0.05) is 18.8 Å². The minimum Gasteiger partial charge on any atom is -0.294 e.